The Hall–Kier alpha value is -1.42. The summed E-state index contributed by atoms with van der Waals surface area (Å²) in [5, 5.41) is 11.8. The second-order valence-corrected chi connectivity index (χ2v) is 5.83. The number of aliphatic hydroxyl groups is 1. The third-order valence-corrected chi connectivity index (χ3v) is 4.37. The molecule has 1 heterocycles. The molecule has 1 aliphatic heterocycles. The zero-order chi connectivity index (χ0) is 14.5. The Kier molecular flexibility index (Phi) is 4.86. The second-order valence-electron chi connectivity index (χ2n) is 5.83. The molecule has 2 aromatic carbocycles. The maximum atomic E-state index is 9.07. The van der Waals surface area contributed by atoms with Crippen molar-refractivity contribution in [1.29, 1.82) is 0 Å². The molecular weight excluding hydrogens is 260 g/mol. The number of rotatable bonds is 4. The summed E-state index contributed by atoms with van der Waals surface area (Å²) in [6, 6.07) is 15.2. The minimum absolute atomic E-state index is 0.267. The molecule has 0 aromatic heterocycles. The average molecular weight is 284 g/mol. The lowest BCUT2D eigenvalue weighted by molar-refractivity contribution is 0.196. The molecule has 1 aliphatic rings. The molecule has 0 bridgehead atoms. The molecule has 0 saturated carbocycles. The van der Waals surface area contributed by atoms with Crippen LogP contribution in [0.25, 0.3) is 10.8 Å². The van der Waals surface area contributed by atoms with E-state index in [2.05, 4.69) is 52.3 Å². The van der Waals surface area contributed by atoms with E-state index in [4.69, 9.17) is 5.11 Å². The first-order chi connectivity index (χ1) is 10.4. The van der Waals surface area contributed by atoms with Crippen LogP contribution in [0, 0.1) is 0 Å². The van der Waals surface area contributed by atoms with Gasteiger partial charge in [-0.3, -0.25) is 9.80 Å². The highest BCUT2D eigenvalue weighted by Gasteiger charge is 2.15. The van der Waals surface area contributed by atoms with Crippen molar-refractivity contribution in [2.75, 3.05) is 39.3 Å². The average Bonchev–Trinajstić information content (AvgIpc) is 2.74. The number of β-amino-alcohol motifs (C(OH)–C–C–N with tert-alkyl or cyclic N) is 1. The van der Waals surface area contributed by atoms with E-state index >= 15 is 0 Å². The first kappa shape index (κ1) is 14.5. The van der Waals surface area contributed by atoms with Crippen LogP contribution in [0.2, 0.25) is 0 Å². The van der Waals surface area contributed by atoms with Gasteiger partial charge in [-0.25, -0.2) is 0 Å². The first-order valence-corrected chi connectivity index (χ1v) is 7.89. The van der Waals surface area contributed by atoms with Gasteiger partial charge >= 0.3 is 0 Å². The minimum atomic E-state index is 0.267. The number of nitrogens with zero attached hydrogens (tertiary/aromatic N) is 2. The molecule has 21 heavy (non-hydrogen) atoms. The Morgan fingerprint density at radius 2 is 1.62 bits per heavy atom. The van der Waals surface area contributed by atoms with Crippen LogP contribution in [0.3, 0.4) is 0 Å². The van der Waals surface area contributed by atoms with Crippen LogP contribution in [0.4, 0.5) is 0 Å². The van der Waals surface area contributed by atoms with Gasteiger partial charge in [0.25, 0.3) is 0 Å². The number of fused-ring (bicyclic) bond motifs is 1. The number of aliphatic hydroxyl groups excluding tert-OH is 1. The normalized spacial score (nSPS) is 18.0. The summed E-state index contributed by atoms with van der Waals surface area (Å²) in [5.41, 5.74) is 1.42. The predicted octanol–water partition coefficient (Wildman–Crippen LogP) is 2.34. The maximum Gasteiger partial charge on any atom is 0.0558 e. The first-order valence-electron chi connectivity index (χ1n) is 7.89. The van der Waals surface area contributed by atoms with Crippen LogP contribution < -0.4 is 0 Å². The highest BCUT2D eigenvalue weighted by Crippen LogP contribution is 2.20. The maximum absolute atomic E-state index is 9.07. The van der Waals surface area contributed by atoms with E-state index in [0.717, 1.165) is 39.3 Å². The Morgan fingerprint density at radius 3 is 2.52 bits per heavy atom. The van der Waals surface area contributed by atoms with Crippen LogP contribution in [-0.2, 0) is 6.54 Å². The molecule has 1 saturated heterocycles. The van der Waals surface area contributed by atoms with Crippen molar-refractivity contribution < 1.29 is 5.11 Å². The van der Waals surface area contributed by atoms with Gasteiger partial charge in [-0.15, -0.1) is 0 Å². The SMILES string of the molecule is OCCN1CCCN(Cc2cccc3ccccc23)CC1. The largest absolute Gasteiger partial charge is 0.395 e. The lowest BCUT2D eigenvalue weighted by Gasteiger charge is -2.22. The van der Waals surface area contributed by atoms with E-state index in [9.17, 15) is 0 Å². The standard InChI is InChI=1S/C18H24N2O/c21-14-13-19-9-4-10-20(12-11-19)15-17-7-3-6-16-5-1-2-8-18(16)17/h1-3,5-8,21H,4,9-15H2. The van der Waals surface area contributed by atoms with Crippen LogP contribution in [0.5, 0.6) is 0 Å². The lowest BCUT2D eigenvalue weighted by atomic mass is 10.0. The lowest BCUT2D eigenvalue weighted by Crippen LogP contribution is -2.32. The zero-order valence-electron chi connectivity index (χ0n) is 12.5. The second kappa shape index (κ2) is 7.03. The van der Waals surface area contributed by atoms with Crippen molar-refractivity contribution in [3.63, 3.8) is 0 Å². The molecule has 0 amide bonds. The molecule has 2 aromatic rings. The van der Waals surface area contributed by atoms with Crippen LogP contribution in [0.1, 0.15) is 12.0 Å². The Bertz CT molecular complexity index is 579. The molecule has 3 heteroatoms. The molecule has 112 valence electrons. The van der Waals surface area contributed by atoms with Gasteiger partial charge in [-0.1, -0.05) is 42.5 Å². The van der Waals surface area contributed by atoms with Crippen LogP contribution in [-0.4, -0.2) is 54.2 Å². The quantitative estimate of drug-likeness (QED) is 0.933. The monoisotopic (exact) mass is 284 g/mol. The van der Waals surface area contributed by atoms with Gasteiger partial charge in [-0.05, 0) is 35.8 Å². The molecule has 3 nitrogen and oxygen atoms in total. The summed E-state index contributed by atoms with van der Waals surface area (Å²) in [6.45, 7) is 6.49. The molecule has 0 radical (unpaired) electrons. The smallest absolute Gasteiger partial charge is 0.0558 e. The predicted molar refractivity (Wildman–Crippen MR) is 87.4 cm³/mol. The summed E-state index contributed by atoms with van der Waals surface area (Å²) >= 11 is 0. The fraction of sp³-hybridized carbons (Fsp3) is 0.444. The van der Waals surface area contributed by atoms with Gasteiger partial charge < -0.3 is 5.11 Å². The van der Waals surface area contributed by atoms with Crippen molar-refractivity contribution in [2.24, 2.45) is 0 Å². The van der Waals surface area contributed by atoms with Crippen molar-refractivity contribution in [1.82, 2.24) is 9.80 Å². The Balaban J connectivity index is 1.70. The number of hydrogen-bond acceptors (Lipinski definition) is 3. The summed E-state index contributed by atoms with van der Waals surface area (Å²) in [6.07, 6.45) is 1.19. The summed E-state index contributed by atoms with van der Waals surface area (Å²) in [5.74, 6) is 0. The summed E-state index contributed by atoms with van der Waals surface area (Å²) in [7, 11) is 0. The summed E-state index contributed by atoms with van der Waals surface area (Å²) in [4.78, 5) is 4.91. The van der Waals surface area contributed by atoms with E-state index < -0.39 is 0 Å². The van der Waals surface area contributed by atoms with Gasteiger partial charge in [-0.2, -0.15) is 0 Å². The van der Waals surface area contributed by atoms with E-state index in [0.29, 0.717) is 0 Å². The fourth-order valence-corrected chi connectivity index (χ4v) is 3.22. The third-order valence-electron chi connectivity index (χ3n) is 4.37. The van der Waals surface area contributed by atoms with Crippen molar-refractivity contribution in [3.05, 3.63) is 48.0 Å². The zero-order valence-corrected chi connectivity index (χ0v) is 12.5. The highest BCUT2D eigenvalue weighted by molar-refractivity contribution is 5.85. The number of benzene rings is 2. The Morgan fingerprint density at radius 1 is 0.857 bits per heavy atom. The van der Waals surface area contributed by atoms with Gasteiger partial charge in [0.1, 0.15) is 0 Å². The highest BCUT2D eigenvalue weighted by atomic mass is 16.3. The minimum Gasteiger partial charge on any atom is -0.395 e. The van der Waals surface area contributed by atoms with Gasteiger partial charge in [0.2, 0.25) is 0 Å². The Labute approximate surface area is 126 Å². The molecule has 0 unspecified atom stereocenters. The van der Waals surface area contributed by atoms with Crippen molar-refractivity contribution >= 4 is 10.8 Å². The molecular formula is C18H24N2O. The van der Waals surface area contributed by atoms with Gasteiger partial charge in [0.05, 0.1) is 6.61 Å². The third kappa shape index (κ3) is 3.62. The molecule has 0 atom stereocenters. The van der Waals surface area contributed by atoms with Crippen molar-refractivity contribution in [3.8, 4) is 0 Å². The molecule has 3 rings (SSSR count). The van der Waals surface area contributed by atoms with E-state index in [1.165, 1.54) is 22.8 Å². The van der Waals surface area contributed by atoms with Gasteiger partial charge in [0.15, 0.2) is 0 Å². The van der Waals surface area contributed by atoms with Gasteiger partial charge in [0, 0.05) is 26.2 Å². The fourth-order valence-electron chi connectivity index (χ4n) is 3.22. The molecule has 0 spiro atoms. The van der Waals surface area contributed by atoms with Crippen molar-refractivity contribution in [2.45, 2.75) is 13.0 Å². The number of hydrogen-bond donors (Lipinski definition) is 1. The summed E-state index contributed by atoms with van der Waals surface area (Å²) < 4.78 is 0. The molecule has 1 fully saturated rings. The molecule has 0 aliphatic carbocycles. The van der Waals surface area contributed by atoms with Crippen LogP contribution in [0.15, 0.2) is 42.5 Å². The van der Waals surface area contributed by atoms with Crippen LogP contribution >= 0.6 is 0 Å². The topological polar surface area (TPSA) is 26.7 Å². The van der Waals surface area contributed by atoms with E-state index in [1.54, 1.807) is 0 Å². The molecule has 1 N–H and O–H groups in total. The van der Waals surface area contributed by atoms with E-state index in [-0.39, 0.29) is 6.61 Å². The van der Waals surface area contributed by atoms with E-state index in [1.807, 2.05) is 0 Å².